The fraction of sp³-hybridized carbons (Fsp3) is 0.667. The number of nitrogens with one attached hydrogen (secondary N) is 1. The van der Waals surface area contributed by atoms with E-state index >= 15 is 0 Å². The first kappa shape index (κ1) is 10.2. The maximum atomic E-state index is 9.05. The van der Waals surface area contributed by atoms with Crippen LogP contribution in [0.2, 0.25) is 0 Å². The Labute approximate surface area is 78.6 Å². The number of aliphatic hydroxyl groups excluding tert-OH is 1. The summed E-state index contributed by atoms with van der Waals surface area (Å²) >= 11 is 0. The molecule has 13 heavy (non-hydrogen) atoms. The zero-order valence-corrected chi connectivity index (χ0v) is 8.14. The predicted octanol–water partition coefficient (Wildman–Crippen LogP) is 0.242. The Morgan fingerprint density at radius 3 is 2.85 bits per heavy atom. The summed E-state index contributed by atoms with van der Waals surface area (Å²) in [6.45, 7) is 5.38. The van der Waals surface area contributed by atoms with Gasteiger partial charge in [-0.15, -0.1) is 0 Å². The molecule has 1 aromatic rings. The molecule has 1 unspecified atom stereocenters. The van der Waals surface area contributed by atoms with Crippen LogP contribution >= 0.6 is 0 Å². The summed E-state index contributed by atoms with van der Waals surface area (Å²) in [6.07, 6.45) is 5.20. The lowest BCUT2D eigenvalue weighted by molar-refractivity contribution is 0.185. The van der Waals surface area contributed by atoms with Gasteiger partial charge in [-0.25, -0.2) is 4.98 Å². The summed E-state index contributed by atoms with van der Waals surface area (Å²) < 4.78 is 2.01. The van der Waals surface area contributed by atoms with Crippen LogP contribution < -0.4 is 5.32 Å². The minimum Gasteiger partial charge on any atom is -0.392 e. The molecule has 1 heterocycles. The van der Waals surface area contributed by atoms with Crippen molar-refractivity contribution in [1.29, 1.82) is 0 Å². The molecule has 0 amide bonds. The number of aromatic nitrogens is 2. The molecule has 74 valence electrons. The van der Waals surface area contributed by atoms with Gasteiger partial charge in [0.1, 0.15) is 0 Å². The minimum absolute atomic E-state index is 0.287. The molecule has 2 N–H and O–H groups in total. The van der Waals surface area contributed by atoms with E-state index in [1.807, 2.05) is 10.8 Å². The highest BCUT2D eigenvalue weighted by Crippen LogP contribution is 1.91. The van der Waals surface area contributed by atoms with Gasteiger partial charge in [-0.3, -0.25) is 0 Å². The van der Waals surface area contributed by atoms with Crippen LogP contribution in [-0.4, -0.2) is 33.3 Å². The standard InChI is InChI=1S/C9H17N3O/c1-8(11-5-9(2)13)6-12-4-3-10-7-12/h3-4,7-9,11,13H,5-6H2,1-2H3/t8?,9-/m0/s1. The maximum absolute atomic E-state index is 9.05. The first-order valence-electron chi connectivity index (χ1n) is 4.55. The second kappa shape index (κ2) is 4.99. The molecule has 0 aromatic carbocycles. The molecule has 0 saturated heterocycles. The van der Waals surface area contributed by atoms with Crippen LogP contribution in [0.3, 0.4) is 0 Å². The molecule has 0 spiro atoms. The lowest BCUT2D eigenvalue weighted by Crippen LogP contribution is -2.35. The van der Waals surface area contributed by atoms with E-state index in [2.05, 4.69) is 17.2 Å². The molecule has 2 atom stereocenters. The van der Waals surface area contributed by atoms with Crippen LogP contribution in [0, 0.1) is 0 Å². The monoisotopic (exact) mass is 183 g/mol. The molecule has 0 aliphatic heterocycles. The number of rotatable bonds is 5. The average molecular weight is 183 g/mol. The van der Waals surface area contributed by atoms with Gasteiger partial charge in [0.15, 0.2) is 0 Å². The Balaban J connectivity index is 2.22. The van der Waals surface area contributed by atoms with Gasteiger partial charge in [-0.1, -0.05) is 0 Å². The largest absolute Gasteiger partial charge is 0.392 e. The van der Waals surface area contributed by atoms with E-state index in [9.17, 15) is 0 Å². The van der Waals surface area contributed by atoms with Gasteiger partial charge >= 0.3 is 0 Å². The zero-order valence-electron chi connectivity index (χ0n) is 8.14. The van der Waals surface area contributed by atoms with Gasteiger partial charge < -0.3 is 15.0 Å². The van der Waals surface area contributed by atoms with Gasteiger partial charge in [0, 0.05) is 31.5 Å². The smallest absolute Gasteiger partial charge is 0.0946 e. The van der Waals surface area contributed by atoms with E-state index in [-0.39, 0.29) is 6.10 Å². The molecule has 4 heteroatoms. The lowest BCUT2D eigenvalue weighted by Gasteiger charge is -2.15. The minimum atomic E-state index is -0.287. The van der Waals surface area contributed by atoms with E-state index in [1.165, 1.54) is 0 Å². The number of hydrogen-bond acceptors (Lipinski definition) is 3. The molecule has 0 radical (unpaired) electrons. The quantitative estimate of drug-likeness (QED) is 0.687. The molecular formula is C9H17N3O. The summed E-state index contributed by atoms with van der Waals surface area (Å²) in [6, 6.07) is 0.351. The van der Waals surface area contributed by atoms with Crippen molar-refractivity contribution in [3.8, 4) is 0 Å². The number of aliphatic hydroxyl groups is 1. The summed E-state index contributed by atoms with van der Waals surface area (Å²) in [5, 5.41) is 12.3. The molecule has 4 nitrogen and oxygen atoms in total. The molecule has 0 saturated carbocycles. The van der Waals surface area contributed by atoms with Crippen molar-refractivity contribution in [3.63, 3.8) is 0 Å². The molecule has 0 aliphatic rings. The van der Waals surface area contributed by atoms with Crippen LogP contribution in [0.25, 0.3) is 0 Å². The van der Waals surface area contributed by atoms with Gasteiger partial charge in [0.2, 0.25) is 0 Å². The molecule has 0 fully saturated rings. The van der Waals surface area contributed by atoms with Gasteiger partial charge in [0.25, 0.3) is 0 Å². The molecule has 1 rings (SSSR count). The highest BCUT2D eigenvalue weighted by atomic mass is 16.3. The van der Waals surface area contributed by atoms with Gasteiger partial charge in [-0.2, -0.15) is 0 Å². The van der Waals surface area contributed by atoms with Crippen molar-refractivity contribution < 1.29 is 5.11 Å². The summed E-state index contributed by atoms with van der Waals surface area (Å²) in [5.41, 5.74) is 0. The Kier molecular flexibility index (Phi) is 3.92. The van der Waals surface area contributed by atoms with E-state index in [0.717, 1.165) is 6.54 Å². The SMILES string of the molecule is CC(Cn1ccnc1)NC[C@H](C)O. The van der Waals surface area contributed by atoms with E-state index < -0.39 is 0 Å². The average Bonchev–Trinajstić information content (AvgIpc) is 2.53. The second-order valence-electron chi connectivity index (χ2n) is 3.42. The normalized spacial score (nSPS) is 15.6. The first-order valence-corrected chi connectivity index (χ1v) is 4.55. The molecule has 0 bridgehead atoms. The lowest BCUT2D eigenvalue weighted by atomic mass is 10.3. The van der Waals surface area contributed by atoms with Crippen molar-refractivity contribution in [2.24, 2.45) is 0 Å². The van der Waals surface area contributed by atoms with Crippen LogP contribution in [0.15, 0.2) is 18.7 Å². The van der Waals surface area contributed by atoms with Gasteiger partial charge in [0.05, 0.1) is 12.4 Å². The third-order valence-corrected chi connectivity index (χ3v) is 1.81. The fourth-order valence-corrected chi connectivity index (χ4v) is 1.15. The topological polar surface area (TPSA) is 50.1 Å². The third kappa shape index (κ3) is 4.05. The number of hydrogen-bond donors (Lipinski definition) is 2. The van der Waals surface area contributed by atoms with Crippen LogP contribution in [0.1, 0.15) is 13.8 Å². The van der Waals surface area contributed by atoms with Crippen LogP contribution in [0.4, 0.5) is 0 Å². The Morgan fingerprint density at radius 1 is 1.54 bits per heavy atom. The molecular weight excluding hydrogens is 166 g/mol. The van der Waals surface area contributed by atoms with Crippen molar-refractivity contribution in [2.45, 2.75) is 32.5 Å². The Bertz CT molecular complexity index is 221. The first-order chi connectivity index (χ1) is 6.18. The number of nitrogens with zero attached hydrogens (tertiary/aromatic N) is 2. The van der Waals surface area contributed by atoms with Crippen LogP contribution in [-0.2, 0) is 6.54 Å². The van der Waals surface area contributed by atoms with E-state index in [4.69, 9.17) is 5.11 Å². The van der Waals surface area contributed by atoms with E-state index in [0.29, 0.717) is 12.6 Å². The highest BCUT2D eigenvalue weighted by Gasteiger charge is 2.02. The maximum Gasteiger partial charge on any atom is 0.0946 e. The summed E-state index contributed by atoms with van der Waals surface area (Å²) in [4.78, 5) is 3.96. The van der Waals surface area contributed by atoms with Crippen molar-refractivity contribution in [2.75, 3.05) is 6.54 Å². The van der Waals surface area contributed by atoms with Crippen molar-refractivity contribution >= 4 is 0 Å². The Hall–Kier alpha value is -0.870. The Morgan fingerprint density at radius 2 is 2.31 bits per heavy atom. The third-order valence-electron chi connectivity index (χ3n) is 1.81. The van der Waals surface area contributed by atoms with Crippen LogP contribution in [0.5, 0.6) is 0 Å². The zero-order chi connectivity index (χ0) is 9.68. The van der Waals surface area contributed by atoms with Crippen molar-refractivity contribution in [3.05, 3.63) is 18.7 Å². The number of imidazole rings is 1. The molecule has 0 aliphatic carbocycles. The molecule has 1 aromatic heterocycles. The van der Waals surface area contributed by atoms with E-state index in [1.54, 1.807) is 19.4 Å². The highest BCUT2D eigenvalue weighted by molar-refractivity contribution is 4.76. The predicted molar refractivity (Wildman–Crippen MR) is 51.4 cm³/mol. The fourth-order valence-electron chi connectivity index (χ4n) is 1.15. The van der Waals surface area contributed by atoms with Gasteiger partial charge in [-0.05, 0) is 13.8 Å². The van der Waals surface area contributed by atoms with Crippen molar-refractivity contribution in [1.82, 2.24) is 14.9 Å². The summed E-state index contributed by atoms with van der Waals surface area (Å²) in [5.74, 6) is 0. The second-order valence-corrected chi connectivity index (χ2v) is 3.42. The summed E-state index contributed by atoms with van der Waals surface area (Å²) in [7, 11) is 0.